The molecule has 1 N–H and O–H groups in total. The van der Waals surface area contributed by atoms with Crippen LogP contribution in [0.2, 0.25) is 0 Å². The Kier molecular flexibility index (Phi) is 6.31. The summed E-state index contributed by atoms with van der Waals surface area (Å²) in [6.07, 6.45) is 0.473. The first-order chi connectivity index (χ1) is 8.27. The first-order valence-corrected chi connectivity index (χ1v) is 6.03. The standard InChI is InChI=1S/C14H20N2O/c1-3-17-11-12(2)16-14(9-10-15)13-7-5-4-6-8-13/h4-8,12,14,16H,3,9,11H2,1-2H3. The van der Waals surface area contributed by atoms with Gasteiger partial charge >= 0.3 is 0 Å². The predicted molar refractivity (Wildman–Crippen MR) is 68.5 cm³/mol. The maximum absolute atomic E-state index is 8.87. The van der Waals surface area contributed by atoms with Gasteiger partial charge in [0.25, 0.3) is 0 Å². The van der Waals surface area contributed by atoms with Gasteiger partial charge in [-0.3, -0.25) is 0 Å². The predicted octanol–water partition coefficient (Wildman–Crippen LogP) is 2.66. The monoisotopic (exact) mass is 232 g/mol. The minimum absolute atomic E-state index is 0.0802. The highest BCUT2D eigenvalue weighted by Gasteiger charge is 2.13. The van der Waals surface area contributed by atoms with Crippen LogP contribution in [0.1, 0.15) is 31.9 Å². The normalized spacial score (nSPS) is 13.9. The van der Waals surface area contributed by atoms with Gasteiger partial charge in [0.15, 0.2) is 0 Å². The molecule has 0 radical (unpaired) electrons. The van der Waals surface area contributed by atoms with Gasteiger partial charge < -0.3 is 10.1 Å². The molecule has 1 rings (SSSR count). The van der Waals surface area contributed by atoms with Crippen molar-refractivity contribution in [2.45, 2.75) is 32.4 Å². The van der Waals surface area contributed by atoms with Crippen molar-refractivity contribution in [1.29, 1.82) is 5.26 Å². The molecule has 0 fully saturated rings. The first kappa shape index (κ1) is 13.7. The van der Waals surface area contributed by atoms with E-state index < -0.39 is 0 Å². The van der Waals surface area contributed by atoms with Gasteiger partial charge in [-0.1, -0.05) is 30.3 Å². The fourth-order valence-corrected chi connectivity index (χ4v) is 1.74. The van der Waals surface area contributed by atoms with Gasteiger partial charge in [0.05, 0.1) is 19.1 Å². The Hall–Kier alpha value is -1.37. The Balaban J connectivity index is 2.58. The molecule has 0 heterocycles. The SMILES string of the molecule is CCOCC(C)NC(CC#N)c1ccccc1. The van der Waals surface area contributed by atoms with Crippen molar-refractivity contribution in [1.82, 2.24) is 5.32 Å². The van der Waals surface area contributed by atoms with Crippen LogP contribution in [0.5, 0.6) is 0 Å². The molecule has 3 nitrogen and oxygen atoms in total. The van der Waals surface area contributed by atoms with Crippen molar-refractivity contribution >= 4 is 0 Å². The molecule has 0 bridgehead atoms. The van der Waals surface area contributed by atoms with Crippen LogP contribution in [0.3, 0.4) is 0 Å². The van der Waals surface area contributed by atoms with E-state index in [1.54, 1.807) is 0 Å². The first-order valence-electron chi connectivity index (χ1n) is 6.03. The second-order valence-corrected chi connectivity index (χ2v) is 4.05. The summed E-state index contributed by atoms with van der Waals surface area (Å²) in [6.45, 7) is 5.45. The Morgan fingerprint density at radius 2 is 2.06 bits per heavy atom. The van der Waals surface area contributed by atoms with Crippen molar-refractivity contribution in [3.63, 3.8) is 0 Å². The molecular formula is C14H20N2O. The molecule has 0 amide bonds. The van der Waals surface area contributed by atoms with Crippen LogP contribution in [-0.2, 0) is 4.74 Å². The van der Waals surface area contributed by atoms with E-state index >= 15 is 0 Å². The fraction of sp³-hybridized carbons (Fsp3) is 0.500. The molecule has 2 unspecified atom stereocenters. The van der Waals surface area contributed by atoms with E-state index in [9.17, 15) is 0 Å². The minimum atomic E-state index is 0.0802. The van der Waals surface area contributed by atoms with Crippen molar-refractivity contribution in [2.75, 3.05) is 13.2 Å². The lowest BCUT2D eigenvalue weighted by Crippen LogP contribution is -2.34. The number of nitrogens with zero attached hydrogens (tertiary/aromatic N) is 1. The van der Waals surface area contributed by atoms with Crippen LogP contribution in [0, 0.1) is 11.3 Å². The summed E-state index contributed by atoms with van der Waals surface area (Å²) in [4.78, 5) is 0. The highest BCUT2D eigenvalue weighted by Crippen LogP contribution is 2.16. The second-order valence-electron chi connectivity index (χ2n) is 4.05. The van der Waals surface area contributed by atoms with E-state index in [2.05, 4.69) is 18.3 Å². The molecule has 92 valence electrons. The Bertz CT molecular complexity index is 345. The van der Waals surface area contributed by atoms with E-state index in [1.807, 2.05) is 37.3 Å². The zero-order chi connectivity index (χ0) is 12.5. The molecule has 0 saturated heterocycles. The average Bonchev–Trinajstić information content (AvgIpc) is 2.37. The number of rotatable bonds is 7. The van der Waals surface area contributed by atoms with Gasteiger partial charge in [0.1, 0.15) is 0 Å². The fourth-order valence-electron chi connectivity index (χ4n) is 1.74. The zero-order valence-corrected chi connectivity index (χ0v) is 10.5. The minimum Gasteiger partial charge on any atom is -0.380 e. The topological polar surface area (TPSA) is 45.0 Å². The van der Waals surface area contributed by atoms with Crippen LogP contribution in [-0.4, -0.2) is 19.3 Å². The highest BCUT2D eigenvalue weighted by molar-refractivity contribution is 5.20. The zero-order valence-electron chi connectivity index (χ0n) is 10.5. The smallest absolute Gasteiger partial charge is 0.0641 e. The summed E-state index contributed by atoms with van der Waals surface area (Å²) >= 11 is 0. The lowest BCUT2D eigenvalue weighted by molar-refractivity contribution is 0.123. The molecule has 0 saturated carbocycles. The van der Waals surface area contributed by atoms with Crippen LogP contribution in [0.25, 0.3) is 0 Å². The van der Waals surface area contributed by atoms with Gasteiger partial charge in [-0.2, -0.15) is 5.26 Å². The number of hydrogen-bond donors (Lipinski definition) is 1. The number of nitrogens with one attached hydrogen (secondary N) is 1. The van der Waals surface area contributed by atoms with Gasteiger partial charge in [0, 0.05) is 18.7 Å². The van der Waals surface area contributed by atoms with E-state index in [4.69, 9.17) is 10.00 Å². The van der Waals surface area contributed by atoms with Crippen LogP contribution in [0.4, 0.5) is 0 Å². The Morgan fingerprint density at radius 1 is 1.35 bits per heavy atom. The summed E-state index contributed by atoms with van der Waals surface area (Å²) in [7, 11) is 0. The Labute approximate surface area is 103 Å². The van der Waals surface area contributed by atoms with Gasteiger partial charge in [-0.25, -0.2) is 0 Å². The third-order valence-corrected chi connectivity index (χ3v) is 2.56. The molecule has 1 aromatic carbocycles. The molecule has 17 heavy (non-hydrogen) atoms. The van der Waals surface area contributed by atoms with Crippen molar-refractivity contribution in [2.24, 2.45) is 0 Å². The largest absolute Gasteiger partial charge is 0.380 e. The summed E-state index contributed by atoms with van der Waals surface area (Å²) < 4.78 is 5.36. The third kappa shape index (κ3) is 4.99. The lowest BCUT2D eigenvalue weighted by atomic mass is 10.0. The van der Waals surface area contributed by atoms with Crippen LogP contribution >= 0.6 is 0 Å². The summed E-state index contributed by atoms with van der Waals surface area (Å²) in [5, 5.41) is 12.3. The molecule has 1 aromatic rings. The summed E-state index contributed by atoms with van der Waals surface area (Å²) in [5.74, 6) is 0. The van der Waals surface area contributed by atoms with Gasteiger partial charge in [-0.15, -0.1) is 0 Å². The molecule has 0 aliphatic carbocycles. The van der Waals surface area contributed by atoms with Crippen molar-refractivity contribution in [3.8, 4) is 6.07 Å². The molecule has 0 aromatic heterocycles. The number of nitriles is 1. The second kappa shape index (κ2) is 7.83. The third-order valence-electron chi connectivity index (χ3n) is 2.56. The van der Waals surface area contributed by atoms with E-state index in [0.717, 1.165) is 12.2 Å². The summed E-state index contributed by atoms with van der Waals surface area (Å²) in [5.41, 5.74) is 1.15. The maximum Gasteiger partial charge on any atom is 0.0641 e. The lowest BCUT2D eigenvalue weighted by Gasteiger charge is -2.21. The van der Waals surface area contributed by atoms with E-state index in [0.29, 0.717) is 13.0 Å². The van der Waals surface area contributed by atoms with Gasteiger partial charge in [-0.05, 0) is 19.4 Å². The molecular weight excluding hydrogens is 212 g/mol. The van der Waals surface area contributed by atoms with Crippen molar-refractivity contribution in [3.05, 3.63) is 35.9 Å². The molecule has 0 aliphatic rings. The number of hydrogen-bond acceptors (Lipinski definition) is 3. The molecule has 0 spiro atoms. The van der Waals surface area contributed by atoms with Crippen molar-refractivity contribution < 1.29 is 4.74 Å². The van der Waals surface area contributed by atoms with Crippen LogP contribution < -0.4 is 5.32 Å². The highest BCUT2D eigenvalue weighted by atomic mass is 16.5. The van der Waals surface area contributed by atoms with Crippen LogP contribution in [0.15, 0.2) is 30.3 Å². The van der Waals surface area contributed by atoms with Gasteiger partial charge in [0.2, 0.25) is 0 Å². The molecule has 3 heteroatoms. The quantitative estimate of drug-likeness (QED) is 0.786. The number of benzene rings is 1. The van der Waals surface area contributed by atoms with E-state index in [-0.39, 0.29) is 12.1 Å². The molecule has 2 atom stereocenters. The number of ether oxygens (including phenoxy) is 1. The Morgan fingerprint density at radius 3 is 2.65 bits per heavy atom. The van der Waals surface area contributed by atoms with E-state index in [1.165, 1.54) is 0 Å². The molecule has 0 aliphatic heterocycles. The summed E-state index contributed by atoms with van der Waals surface area (Å²) in [6, 6.07) is 12.6. The maximum atomic E-state index is 8.87. The average molecular weight is 232 g/mol.